The molecule has 0 radical (unpaired) electrons. The Kier molecular flexibility index (Phi) is 7.61. The van der Waals surface area contributed by atoms with Gasteiger partial charge in [0, 0.05) is 38.8 Å². The Morgan fingerprint density at radius 2 is 1.70 bits per heavy atom. The van der Waals surface area contributed by atoms with Crippen molar-refractivity contribution in [2.24, 2.45) is 5.41 Å². The molecule has 0 bridgehead atoms. The first-order valence-electron chi connectivity index (χ1n) is 11.4. The van der Waals surface area contributed by atoms with Gasteiger partial charge in [-0.2, -0.15) is 0 Å². The SMILES string of the molecule is COC(=O)C(CC(=O)N1CCC2(CCN(C(=O)Nc3ccc(C)cc3C)CC2)C1)NC(C)=O. The van der Waals surface area contributed by atoms with Crippen LogP contribution in [0.25, 0.3) is 0 Å². The van der Waals surface area contributed by atoms with Crippen LogP contribution < -0.4 is 10.6 Å². The van der Waals surface area contributed by atoms with Crippen LogP contribution in [0.1, 0.15) is 43.7 Å². The third kappa shape index (κ3) is 6.03. The zero-order valence-corrected chi connectivity index (χ0v) is 19.9. The highest BCUT2D eigenvalue weighted by Gasteiger charge is 2.43. The highest BCUT2D eigenvalue weighted by Crippen LogP contribution is 2.40. The summed E-state index contributed by atoms with van der Waals surface area (Å²) in [6.07, 6.45) is 2.40. The molecule has 1 spiro atoms. The number of esters is 1. The molecule has 9 nitrogen and oxygen atoms in total. The van der Waals surface area contributed by atoms with E-state index < -0.39 is 12.0 Å². The summed E-state index contributed by atoms with van der Waals surface area (Å²) in [5.74, 6) is -1.19. The van der Waals surface area contributed by atoms with E-state index in [2.05, 4.69) is 10.6 Å². The number of amides is 4. The molecule has 4 amide bonds. The summed E-state index contributed by atoms with van der Waals surface area (Å²) < 4.78 is 4.71. The highest BCUT2D eigenvalue weighted by atomic mass is 16.5. The number of carbonyl (C=O) groups excluding carboxylic acids is 4. The fourth-order valence-electron chi connectivity index (χ4n) is 4.77. The number of anilines is 1. The summed E-state index contributed by atoms with van der Waals surface area (Å²) in [5.41, 5.74) is 3.00. The van der Waals surface area contributed by atoms with Crippen LogP contribution >= 0.6 is 0 Å². The van der Waals surface area contributed by atoms with Crippen LogP contribution in [0.15, 0.2) is 18.2 Å². The van der Waals surface area contributed by atoms with Gasteiger partial charge in [-0.25, -0.2) is 9.59 Å². The maximum atomic E-state index is 12.8. The normalized spacial score (nSPS) is 18.1. The second kappa shape index (κ2) is 10.2. The first-order valence-corrected chi connectivity index (χ1v) is 11.4. The maximum absolute atomic E-state index is 12.8. The summed E-state index contributed by atoms with van der Waals surface area (Å²) in [6.45, 7) is 7.79. The molecule has 1 aromatic rings. The molecule has 1 unspecified atom stereocenters. The lowest BCUT2D eigenvalue weighted by molar-refractivity contribution is -0.147. The van der Waals surface area contributed by atoms with Crippen LogP contribution in [0.4, 0.5) is 10.5 Å². The second-order valence-corrected chi connectivity index (χ2v) is 9.28. The lowest BCUT2D eigenvalue weighted by Gasteiger charge is -2.39. The number of methoxy groups -OCH3 is 1. The lowest BCUT2D eigenvalue weighted by Crippen LogP contribution is -2.47. The number of hydrogen-bond acceptors (Lipinski definition) is 5. The number of hydrogen-bond donors (Lipinski definition) is 2. The van der Waals surface area contributed by atoms with Crippen molar-refractivity contribution < 1.29 is 23.9 Å². The quantitative estimate of drug-likeness (QED) is 0.658. The Morgan fingerprint density at radius 1 is 1.06 bits per heavy atom. The Bertz CT molecular complexity index is 923. The van der Waals surface area contributed by atoms with Gasteiger partial charge in [-0.15, -0.1) is 0 Å². The van der Waals surface area contributed by atoms with Crippen molar-refractivity contribution in [2.45, 2.75) is 52.5 Å². The molecule has 2 N–H and O–H groups in total. The largest absolute Gasteiger partial charge is 0.467 e. The minimum absolute atomic E-state index is 0.0129. The van der Waals surface area contributed by atoms with Crippen molar-refractivity contribution in [1.29, 1.82) is 0 Å². The Labute approximate surface area is 194 Å². The van der Waals surface area contributed by atoms with Gasteiger partial charge in [-0.1, -0.05) is 17.7 Å². The Morgan fingerprint density at radius 3 is 2.27 bits per heavy atom. The summed E-state index contributed by atoms with van der Waals surface area (Å²) in [6, 6.07) is 4.87. The number of nitrogens with zero attached hydrogens (tertiary/aromatic N) is 2. The molecule has 2 fully saturated rings. The van der Waals surface area contributed by atoms with Gasteiger partial charge in [0.05, 0.1) is 13.5 Å². The van der Waals surface area contributed by atoms with Gasteiger partial charge in [0.2, 0.25) is 11.8 Å². The fraction of sp³-hybridized carbons (Fsp3) is 0.583. The molecule has 0 aromatic heterocycles. The van der Waals surface area contributed by atoms with E-state index in [1.54, 1.807) is 4.90 Å². The average molecular weight is 459 g/mol. The van der Waals surface area contributed by atoms with Crippen LogP contribution in [0.5, 0.6) is 0 Å². The predicted molar refractivity (Wildman–Crippen MR) is 124 cm³/mol. The minimum atomic E-state index is -0.979. The van der Waals surface area contributed by atoms with E-state index in [0.717, 1.165) is 36.1 Å². The molecule has 0 aliphatic carbocycles. The van der Waals surface area contributed by atoms with Gasteiger partial charge < -0.3 is 25.2 Å². The van der Waals surface area contributed by atoms with Crippen LogP contribution in [-0.4, -0.2) is 72.9 Å². The molecule has 1 aromatic carbocycles. The van der Waals surface area contributed by atoms with E-state index in [4.69, 9.17) is 4.74 Å². The Balaban J connectivity index is 1.52. The van der Waals surface area contributed by atoms with Crippen LogP contribution in [0, 0.1) is 19.3 Å². The summed E-state index contributed by atoms with van der Waals surface area (Å²) in [7, 11) is 1.23. The molecule has 9 heteroatoms. The van der Waals surface area contributed by atoms with Crippen molar-refractivity contribution >= 4 is 29.5 Å². The number of likely N-dealkylation sites (tertiary alicyclic amines) is 2. The van der Waals surface area contributed by atoms with E-state index in [1.807, 2.05) is 36.9 Å². The monoisotopic (exact) mass is 458 g/mol. The van der Waals surface area contributed by atoms with Crippen LogP contribution in [0.3, 0.4) is 0 Å². The lowest BCUT2D eigenvalue weighted by atomic mass is 9.78. The maximum Gasteiger partial charge on any atom is 0.328 e. The van der Waals surface area contributed by atoms with Crippen molar-refractivity contribution in [3.8, 4) is 0 Å². The van der Waals surface area contributed by atoms with E-state index in [1.165, 1.54) is 14.0 Å². The van der Waals surface area contributed by atoms with E-state index in [9.17, 15) is 19.2 Å². The number of carbonyl (C=O) groups is 4. The molecule has 3 rings (SSSR count). The van der Waals surface area contributed by atoms with Crippen molar-refractivity contribution in [1.82, 2.24) is 15.1 Å². The minimum Gasteiger partial charge on any atom is -0.467 e. The first kappa shape index (κ1) is 24.5. The average Bonchev–Trinajstić information content (AvgIpc) is 3.18. The molecule has 180 valence electrons. The van der Waals surface area contributed by atoms with Gasteiger partial charge >= 0.3 is 12.0 Å². The summed E-state index contributed by atoms with van der Waals surface area (Å²) >= 11 is 0. The number of urea groups is 1. The van der Waals surface area contributed by atoms with E-state index >= 15 is 0 Å². The summed E-state index contributed by atoms with van der Waals surface area (Å²) in [5, 5.41) is 5.50. The third-order valence-electron chi connectivity index (χ3n) is 6.77. The molecule has 33 heavy (non-hydrogen) atoms. The fourth-order valence-corrected chi connectivity index (χ4v) is 4.77. The molecule has 1 atom stereocenters. The van der Waals surface area contributed by atoms with Crippen molar-refractivity contribution in [3.05, 3.63) is 29.3 Å². The van der Waals surface area contributed by atoms with Crippen molar-refractivity contribution in [3.63, 3.8) is 0 Å². The topological polar surface area (TPSA) is 108 Å². The smallest absolute Gasteiger partial charge is 0.328 e. The molecule has 0 saturated carbocycles. The van der Waals surface area contributed by atoms with Crippen LogP contribution in [0.2, 0.25) is 0 Å². The zero-order valence-electron chi connectivity index (χ0n) is 19.9. The third-order valence-corrected chi connectivity index (χ3v) is 6.77. The molecule has 2 saturated heterocycles. The van der Waals surface area contributed by atoms with Gasteiger partial charge in [0.1, 0.15) is 6.04 Å². The first-order chi connectivity index (χ1) is 15.6. The van der Waals surface area contributed by atoms with Gasteiger partial charge in [0.25, 0.3) is 0 Å². The molecule has 2 heterocycles. The van der Waals surface area contributed by atoms with E-state index in [0.29, 0.717) is 26.2 Å². The Hall–Kier alpha value is -3.10. The molecule has 2 aliphatic heterocycles. The molecule has 2 aliphatic rings. The van der Waals surface area contributed by atoms with Gasteiger partial charge in [-0.05, 0) is 50.2 Å². The second-order valence-electron chi connectivity index (χ2n) is 9.28. The number of rotatable bonds is 5. The van der Waals surface area contributed by atoms with E-state index in [-0.39, 0.29) is 29.7 Å². The van der Waals surface area contributed by atoms with Crippen molar-refractivity contribution in [2.75, 3.05) is 38.6 Å². The number of piperidine rings is 1. The molecular formula is C24H34N4O5. The number of aryl methyl sites for hydroxylation is 2. The zero-order chi connectivity index (χ0) is 24.2. The van der Waals surface area contributed by atoms with Gasteiger partial charge in [0.15, 0.2) is 0 Å². The summed E-state index contributed by atoms with van der Waals surface area (Å²) in [4.78, 5) is 52.4. The number of nitrogens with one attached hydrogen (secondary N) is 2. The predicted octanol–water partition coefficient (Wildman–Crippen LogP) is 2.22. The highest BCUT2D eigenvalue weighted by molar-refractivity contribution is 5.90. The molecular weight excluding hydrogens is 424 g/mol. The number of ether oxygens (including phenoxy) is 1. The number of benzene rings is 1. The van der Waals surface area contributed by atoms with Gasteiger partial charge in [-0.3, -0.25) is 9.59 Å². The standard InChI is InChI=1S/C24H34N4O5/c1-16-5-6-19(17(2)13-16)26-23(32)27-10-7-24(8-11-27)9-12-28(15-24)21(30)14-20(22(31)33-4)25-18(3)29/h5-6,13,20H,7-12,14-15H2,1-4H3,(H,25,29)(H,26,32). The van der Waals surface area contributed by atoms with Crippen LogP contribution in [-0.2, 0) is 19.1 Å².